The van der Waals surface area contributed by atoms with Gasteiger partial charge in [-0.2, -0.15) is 0 Å². The van der Waals surface area contributed by atoms with Crippen LogP contribution in [0.25, 0.3) is 0 Å². The van der Waals surface area contributed by atoms with E-state index in [2.05, 4.69) is 0 Å². The average molecular weight is 165 g/mol. The third-order valence-corrected chi connectivity index (χ3v) is 1.95. The zero-order chi connectivity index (χ0) is 8.97. The lowest BCUT2D eigenvalue weighted by Gasteiger charge is -2.06. The van der Waals surface area contributed by atoms with E-state index in [1.54, 1.807) is 0 Å². The number of nitrogens with two attached hydrogens (primary N) is 3. The van der Waals surface area contributed by atoms with E-state index in [1.165, 1.54) is 0 Å². The molecule has 0 radical (unpaired) electrons. The fourth-order valence-corrected chi connectivity index (χ4v) is 1.20. The highest BCUT2D eigenvalue weighted by Gasteiger charge is 1.99. The third-order valence-electron chi connectivity index (χ3n) is 1.95. The van der Waals surface area contributed by atoms with Crippen molar-refractivity contribution in [1.29, 1.82) is 0 Å². The van der Waals surface area contributed by atoms with Crippen LogP contribution >= 0.6 is 0 Å². The van der Waals surface area contributed by atoms with Gasteiger partial charge in [-0.05, 0) is 16.7 Å². The molecule has 0 unspecified atom stereocenters. The van der Waals surface area contributed by atoms with Crippen molar-refractivity contribution in [2.24, 2.45) is 17.2 Å². The van der Waals surface area contributed by atoms with Gasteiger partial charge in [0.2, 0.25) is 0 Å². The summed E-state index contributed by atoms with van der Waals surface area (Å²) in [5, 5.41) is 0. The summed E-state index contributed by atoms with van der Waals surface area (Å²) in [4.78, 5) is 0. The van der Waals surface area contributed by atoms with E-state index >= 15 is 0 Å². The van der Waals surface area contributed by atoms with E-state index < -0.39 is 0 Å². The molecule has 0 amide bonds. The van der Waals surface area contributed by atoms with Crippen LogP contribution in [0, 0.1) is 0 Å². The maximum Gasteiger partial charge on any atom is 0.0181 e. The van der Waals surface area contributed by atoms with Crippen molar-refractivity contribution in [3.63, 3.8) is 0 Å². The normalized spacial score (nSPS) is 10.2. The maximum absolute atomic E-state index is 5.55. The summed E-state index contributed by atoms with van der Waals surface area (Å²) >= 11 is 0. The molecule has 66 valence electrons. The van der Waals surface area contributed by atoms with Crippen molar-refractivity contribution in [3.05, 3.63) is 34.9 Å². The second-order valence-corrected chi connectivity index (χ2v) is 2.72. The van der Waals surface area contributed by atoms with Crippen LogP contribution in [0.15, 0.2) is 18.2 Å². The van der Waals surface area contributed by atoms with Crippen LogP contribution in [0.3, 0.4) is 0 Å². The van der Waals surface area contributed by atoms with E-state index in [1.807, 2.05) is 18.2 Å². The molecule has 3 heteroatoms. The average Bonchev–Trinajstić information content (AvgIpc) is 2.16. The minimum absolute atomic E-state index is 0.528. The van der Waals surface area contributed by atoms with Gasteiger partial charge in [0.25, 0.3) is 0 Å². The van der Waals surface area contributed by atoms with Gasteiger partial charge in [0.15, 0.2) is 0 Å². The van der Waals surface area contributed by atoms with Crippen LogP contribution in [-0.2, 0) is 19.6 Å². The van der Waals surface area contributed by atoms with E-state index in [4.69, 9.17) is 17.2 Å². The van der Waals surface area contributed by atoms with Gasteiger partial charge in [0, 0.05) is 19.6 Å². The van der Waals surface area contributed by atoms with Gasteiger partial charge in [-0.1, -0.05) is 18.2 Å². The number of rotatable bonds is 3. The molecule has 0 aliphatic heterocycles. The van der Waals surface area contributed by atoms with Crippen molar-refractivity contribution < 1.29 is 0 Å². The first-order valence-electron chi connectivity index (χ1n) is 4.02. The molecule has 0 atom stereocenters. The minimum Gasteiger partial charge on any atom is -0.326 e. The standard InChI is InChI=1S/C9H15N3/c10-4-7-1-2-8(5-11)9(3-7)6-12/h1-3H,4-6,10-12H2. The molecule has 1 aromatic rings. The zero-order valence-corrected chi connectivity index (χ0v) is 7.09. The van der Waals surface area contributed by atoms with Crippen molar-refractivity contribution >= 4 is 0 Å². The van der Waals surface area contributed by atoms with Crippen LogP contribution in [-0.4, -0.2) is 0 Å². The second-order valence-electron chi connectivity index (χ2n) is 2.72. The highest BCUT2D eigenvalue weighted by Crippen LogP contribution is 2.10. The van der Waals surface area contributed by atoms with Gasteiger partial charge in [-0.3, -0.25) is 0 Å². The first kappa shape index (κ1) is 9.19. The Kier molecular flexibility index (Phi) is 3.22. The Labute approximate surface area is 72.5 Å². The summed E-state index contributed by atoms with van der Waals surface area (Å²) in [7, 11) is 0. The van der Waals surface area contributed by atoms with Crippen molar-refractivity contribution in [3.8, 4) is 0 Å². The SMILES string of the molecule is NCc1ccc(CN)c(CN)c1. The first-order chi connectivity index (χ1) is 5.81. The lowest BCUT2D eigenvalue weighted by molar-refractivity contribution is 0.961. The van der Waals surface area contributed by atoms with Crippen molar-refractivity contribution in [2.75, 3.05) is 0 Å². The fraction of sp³-hybridized carbons (Fsp3) is 0.333. The van der Waals surface area contributed by atoms with Crippen LogP contribution in [0.2, 0.25) is 0 Å². The summed E-state index contributed by atoms with van der Waals surface area (Å²) in [5.41, 5.74) is 19.9. The fourth-order valence-electron chi connectivity index (χ4n) is 1.20. The topological polar surface area (TPSA) is 78.1 Å². The zero-order valence-electron chi connectivity index (χ0n) is 7.09. The number of hydrogen-bond acceptors (Lipinski definition) is 3. The summed E-state index contributed by atoms with van der Waals surface area (Å²) in [6.07, 6.45) is 0. The Morgan fingerprint density at radius 1 is 0.833 bits per heavy atom. The summed E-state index contributed by atoms with van der Waals surface area (Å²) in [5.74, 6) is 0. The molecule has 0 saturated heterocycles. The molecule has 0 spiro atoms. The first-order valence-corrected chi connectivity index (χ1v) is 4.02. The summed E-state index contributed by atoms with van der Waals surface area (Å²) in [6, 6.07) is 5.99. The van der Waals surface area contributed by atoms with Crippen LogP contribution in [0.5, 0.6) is 0 Å². The Hall–Kier alpha value is -0.900. The second kappa shape index (κ2) is 4.21. The highest BCUT2D eigenvalue weighted by atomic mass is 14.6. The third kappa shape index (κ3) is 1.82. The maximum atomic E-state index is 5.55. The van der Waals surface area contributed by atoms with Gasteiger partial charge in [-0.25, -0.2) is 0 Å². The molecule has 12 heavy (non-hydrogen) atoms. The van der Waals surface area contributed by atoms with E-state index in [0.29, 0.717) is 19.6 Å². The van der Waals surface area contributed by atoms with Gasteiger partial charge in [-0.15, -0.1) is 0 Å². The molecule has 1 aromatic carbocycles. The van der Waals surface area contributed by atoms with Gasteiger partial charge >= 0.3 is 0 Å². The molecule has 0 aromatic heterocycles. The van der Waals surface area contributed by atoms with Crippen LogP contribution in [0.4, 0.5) is 0 Å². The Morgan fingerprint density at radius 2 is 1.50 bits per heavy atom. The van der Waals surface area contributed by atoms with Crippen LogP contribution in [0.1, 0.15) is 16.7 Å². The smallest absolute Gasteiger partial charge is 0.0181 e. The quantitative estimate of drug-likeness (QED) is 0.592. The summed E-state index contributed by atoms with van der Waals surface area (Å²) in [6.45, 7) is 1.62. The largest absolute Gasteiger partial charge is 0.326 e. The Balaban J connectivity index is 3.02. The molecule has 0 saturated carbocycles. The summed E-state index contributed by atoms with van der Waals surface area (Å²) < 4.78 is 0. The van der Waals surface area contributed by atoms with Crippen LogP contribution < -0.4 is 17.2 Å². The van der Waals surface area contributed by atoms with E-state index in [0.717, 1.165) is 16.7 Å². The molecule has 0 bridgehead atoms. The lowest BCUT2D eigenvalue weighted by Crippen LogP contribution is -2.07. The predicted molar refractivity (Wildman–Crippen MR) is 50.1 cm³/mol. The van der Waals surface area contributed by atoms with Crippen molar-refractivity contribution in [2.45, 2.75) is 19.6 Å². The lowest BCUT2D eigenvalue weighted by atomic mass is 10.0. The van der Waals surface area contributed by atoms with E-state index in [-0.39, 0.29) is 0 Å². The molecule has 3 nitrogen and oxygen atoms in total. The molecule has 0 aliphatic carbocycles. The monoisotopic (exact) mass is 165 g/mol. The number of benzene rings is 1. The van der Waals surface area contributed by atoms with Gasteiger partial charge < -0.3 is 17.2 Å². The van der Waals surface area contributed by atoms with Crippen molar-refractivity contribution in [1.82, 2.24) is 0 Å². The molecule has 0 aliphatic rings. The Bertz CT molecular complexity index is 258. The highest BCUT2D eigenvalue weighted by molar-refractivity contribution is 5.31. The minimum atomic E-state index is 0.528. The van der Waals surface area contributed by atoms with Gasteiger partial charge in [0.1, 0.15) is 0 Å². The predicted octanol–water partition coefficient (Wildman–Crippen LogP) is 0.0627. The van der Waals surface area contributed by atoms with E-state index in [9.17, 15) is 0 Å². The molecule has 0 heterocycles. The Morgan fingerprint density at radius 3 is 2.00 bits per heavy atom. The molecule has 6 N–H and O–H groups in total. The molecule has 1 rings (SSSR count). The number of hydrogen-bond donors (Lipinski definition) is 3. The molecular weight excluding hydrogens is 150 g/mol. The molecular formula is C9H15N3. The molecule has 0 fully saturated rings. The van der Waals surface area contributed by atoms with Gasteiger partial charge in [0.05, 0.1) is 0 Å².